The molecule has 0 spiro atoms. The van der Waals surface area contributed by atoms with Gasteiger partial charge in [0.05, 0.1) is 5.69 Å². The monoisotopic (exact) mass is 274 g/mol. The van der Waals surface area contributed by atoms with E-state index in [-0.39, 0.29) is 0 Å². The second-order valence-corrected chi connectivity index (χ2v) is 6.28. The Labute approximate surface area is 122 Å². The molecule has 0 aromatic carbocycles. The van der Waals surface area contributed by atoms with Crippen molar-refractivity contribution < 1.29 is 0 Å². The van der Waals surface area contributed by atoms with E-state index in [1.54, 1.807) is 0 Å². The lowest BCUT2D eigenvalue weighted by molar-refractivity contribution is 0.0105. The fourth-order valence-electron chi connectivity index (χ4n) is 3.51. The fourth-order valence-corrected chi connectivity index (χ4v) is 3.51. The van der Waals surface area contributed by atoms with Gasteiger partial charge in [-0.15, -0.1) is 0 Å². The molecule has 2 aliphatic rings. The van der Waals surface area contributed by atoms with Gasteiger partial charge in [-0.05, 0) is 37.9 Å². The molecule has 4 nitrogen and oxygen atoms in total. The average Bonchev–Trinajstić information content (AvgIpc) is 2.49. The van der Waals surface area contributed by atoms with Crippen LogP contribution >= 0.6 is 0 Å². The molecule has 0 amide bonds. The summed E-state index contributed by atoms with van der Waals surface area (Å²) in [7, 11) is 0. The first kappa shape index (κ1) is 14.0. The summed E-state index contributed by atoms with van der Waals surface area (Å²) < 4.78 is 0. The van der Waals surface area contributed by atoms with Gasteiger partial charge in [0.2, 0.25) is 0 Å². The highest BCUT2D eigenvalue weighted by molar-refractivity contribution is 5.14. The summed E-state index contributed by atoms with van der Waals surface area (Å²) in [5.41, 5.74) is 7.90. The molecule has 2 atom stereocenters. The highest BCUT2D eigenvalue weighted by Gasteiger charge is 2.32. The molecule has 0 bridgehead atoms. The number of pyridine rings is 1. The summed E-state index contributed by atoms with van der Waals surface area (Å²) in [6.07, 6.45) is 6.05. The van der Waals surface area contributed by atoms with Gasteiger partial charge in [-0.25, -0.2) is 0 Å². The molecular weight excluding hydrogens is 248 g/mol. The first-order valence-electron chi connectivity index (χ1n) is 7.88. The summed E-state index contributed by atoms with van der Waals surface area (Å²) in [6, 6.07) is 5.62. The Morgan fingerprint density at radius 1 is 1.30 bits per heavy atom. The summed E-state index contributed by atoms with van der Waals surface area (Å²) in [4.78, 5) is 9.83. The zero-order chi connectivity index (χ0) is 13.9. The Hall–Kier alpha value is -0.970. The Morgan fingerprint density at radius 2 is 2.20 bits per heavy atom. The topological polar surface area (TPSA) is 45.4 Å². The normalized spacial score (nSPS) is 28.3. The fraction of sp³-hybridized carbons (Fsp3) is 0.688. The highest BCUT2D eigenvalue weighted by atomic mass is 15.3. The van der Waals surface area contributed by atoms with Gasteiger partial charge in [-0.1, -0.05) is 12.5 Å². The lowest BCUT2D eigenvalue weighted by Crippen LogP contribution is -2.58. The van der Waals surface area contributed by atoms with E-state index in [1.807, 2.05) is 6.20 Å². The van der Waals surface area contributed by atoms with Crippen LogP contribution in [-0.2, 0) is 13.1 Å². The molecule has 110 valence electrons. The predicted molar refractivity (Wildman–Crippen MR) is 81.2 cm³/mol. The number of piperazine rings is 1. The van der Waals surface area contributed by atoms with Gasteiger partial charge < -0.3 is 5.73 Å². The van der Waals surface area contributed by atoms with Crippen molar-refractivity contribution in [2.75, 3.05) is 19.6 Å². The summed E-state index contributed by atoms with van der Waals surface area (Å²) in [5, 5.41) is 0. The lowest BCUT2D eigenvalue weighted by atomic mass is 9.97. The molecule has 4 heteroatoms. The molecule has 0 radical (unpaired) electrons. The van der Waals surface area contributed by atoms with E-state index in [1.165, 1.54) is 44.6 Å². The third-order valence-corrected chi connectivity index (χ3v) is 4.80. The maximum Gasteiger partial charge on any atom is 0.0544 e. The lowest BCUT2D eigenvalue weighted by Gasteiger charge is -2.47. The van der Waals surface area contributed by atoms with Gasteiger partial charge in [-0.2, -0.15) is 0 Å². The number of fused-ring (bicyclic) bond motifs is 1. The number of hydrogen-bond acceptors (Lipinski definition) is 4. The molecular formula is C16H26N4. The van der Waals surface area contributed by atoms with Crippen LogP contribution in [0.4, 0.5) is 0 Å². The van der Waals surface area contributed by atoms with Crippen molar-refractivity contribution in [2.45, 2.75) is 51.4 Å². The Bertz CT molecular complexity index is 431. The minimum absolute atomic E-state index is 0.574. The van der Waals surface area contributed by atoms with Crippen LogP contribution in [0.2, 0.25) is 0 Å². The van der Waals surface area contributed by atoms with Gasteiger partial charge in [0.25, 0.3) is 0 Å². The number of rotatable bonds is 3. The molecule has 2 saturated heterocycles. The number of aromatic nitrogens is 1. The predicted octanol–water partition coefficient (Wildman–Crippen LogP) is 1.60. The molecule has 3 rings (SSSR count). The molecule has 2 unspecified atom stereocenters. The smallest absolute Gasteiger partial charge is 0.0544 e. The summed E-state index contributed by atoms with van der Waals surface area (Å²) >= 11 is 0. The van der Waals surface area contributed by atoms with Gasteiger partial charge in [0, 0.05) is 44.5 Å². The third kappa shape index (κ3) is 3.03. The van der Waals surface area contributed by atoms with Gasteiger partial charge >= 0.3 is 0 Å². The van der Waals surface area contributed by atoms with Gasteiger partial charge in [0.1, 0.15) is 0 Å². The van der Waals surface area contributed by atoms with Crippen molar-refractivity contribution in [3.8, 4) is 0 Å². The minimum atomic E-state index is 0.574. The van der Waals surface area contributed by atoms with E-state index in [4.69, 9.17) is 5.73 Å². The molecule has 0 saturated carbocycles. The standard InChI is InChI=1S/C16H26N4/c1-13-10-19-7-3-2-4-16(19)12-20(13)11-15-6-5-14(8-17)9-18-15/h5-6,9,13,16H,2-4,7-8,10-12,17H2,1H3. The quantitative estimate of drug-likeness (QED) is 0.909. The maximum atomic E-state index is 5.62. The molecule has 2 N–H and O–H groups in total. The largest absolute Gasteiger partial charge is 0.326 e. The van der Waals surface area contributed by atoms with E-state index in [0.29, 0.717) is 12.6 Å². The highest BCUT2D eigenvalue weighted by Crippen LogP contribution is 2.24. The van der Waals surface area contributed by atoms with E-state index in [9.17, 15) is 0 Å². The number of piperidine rings is 1. The van der Waals surface area contributed by atoms with Crippen LogP contribution < -0.4 is 5.73 Å². The van der Waals surface area contributed by atoms with Gasteiger partial charge in [0.15, 0.2) is 0 Å². The van der Waals surface area contributed by atoms with Crippen LogP contribution in [-0.4, -0.2) is 46.5 Å². The van der Waals surface area contributed by atoms with E-state index >= 15 is 0 Å². The van der Waals surface area contributed by atoms with Crippen molar-refractivity contribution in [3.05, 3.63) is 29.6 Å². The molecule has 1 aromatic rings. The minimum Gasteiger partial charge on any atom is -0.326 e. The first-order valence-corrected chi connectivity index (χ1v) is 7.88. The van der Waals surface area contributed by atoms with Crippen LogP contribution in [0, 0.1) is 0 Å². The van der Waals surface area contributed by atoms with Crippen molar-refractivity contribution in [2.24, 2.45) is 5.73 Å². The Morgan fingerprint density at radius 3 is 2.95 bits per heavy atom. The van der Waals surface area contributed by atoms with Crippen molar-refractivity contribution in [3.63, 3.8) is 0 Å². The zero-order valence-electron chi connectivity index (χ0n) is 12.5. The zero-order valence-corrected chi connectivity index (χ0v) is 12.5. The average molecular weight is 274 g/mol. The molecule has 2 fully saturated rings. The van der Waals surface area contributed by atoms with Crippen molar-refractivity contribution >= 4 is 0 Å². The van der Waals surface area contributed by atoms with Crippen LogP contribution in [0.25, 0.3) is 0 Å². The van der Waals surface area contributed by atoms with Crippen molar-refractivity contribution in [1.29, 1.82) is 0 Å². The second-order valence-electron chi connectivity index (χ2n) is 6.28. The van der Waals surface area contributed by atoms with E-state index in [2.05, 4.69) is 33.8 Å². The number of nitrogens with two attached hydrogens (primary N) is 1. The maximum absolute atomic E-state index is 5.62. The molecule has 2 aliphatic heterocycles. The van der Waals surface area contributed by atoms with Gasteiger partial charge in [-0.3, -0.25) is 14.8 Å². The summed E-state index contributed by atoms with van der Waals surface area (Å²) in [6.45, 7) is 7.60. The van der Waals surface area contributed by atoms with Crippen molar-refractivity contribution in [1.82, 2.24) is 14.8 Å². The molecule has 0 aliphatic carbocycles. The molecule has 1 aromatic heterocycles. The van der Waals surface area contributed by atoms with E-state index in [0.717, 1.165) is 18.2 Å². The van der Waals surface area contributed by atoms with Crippen LogP contribution in [0.1, 0.15) is 37.4 Å². The second kappa shape index (κ2) is 6.20. The van der Waals surface area contributed by atoms with Crippen LogP contribution in [0.5, 0.6) is 0 Å². The SMILES string of the molecule is CC1CN2CCCCC2CN1Cc1ccc(CN)cn1. The summed E-state index contributed by atoms with van der Waals surface area (Å²) in [5.74, 6) is 0. The Balaban J connectivity index is 1.63. The molecule has 20 heavy (non-hydrogen) atoms. The van der Waals surface area contributed by atoms with Crippen LogP contribution in [0.15, 0.2) is 18.3 Å². The molecule has 3 heterocycles. The van der Waals surface area contributed by atoms with Crippen LogP contribution in [0.3, 0.4) is 0 Å². The number of hydrogen-bond donors (Lipinski definition) is 1. The first-order chi connectivity index (χ1) is 9.76. The van der Waals surface area contributed by atoms with E-state index < -0.39 is 0 Å². The Kier molecular flexibility index (Phi) is 4.34. The third-order valence-electron chi connectivity index (χ3n) is 4.80. The number of nitrogens with zero attached hydrogens (tertiary/aromatic N) is 3.